The molecule has 0 spiro atoms. The second-order valence-electron chi connectivity index (χ2n) is 7.35. The van der Waals surface area contributed by atoms with Gasteiger partial charge in [-0.1, -0.05) is 39.8 Å². The SMILES string of the molecule is CC(C)c1ccc(OC[C@H](O)CN2C[C@H](C)C[C@H](C)C2)cc1. The van der Waals surface area contributed by atoms with E-state index in [1.807, 2.05) is 12.1 Å². The molecule has 3 heteroatoms. The van der Waals surface area contributed by atoms with Crippen LogP contribution in [0.2, 0.25) is 0 Å². The summed E-state index contributed by atoms with van der Waals surface area (Å²) in [4.78, 5) is 2.37. The van der Waals surface area contributed by atoms with Crippen LogP contribution >= 0.6 is 0 Å². The Bertz CT molecular complexity index is 433. The first-order chi connectivity index (χ1) is 10.4. The zero-order valence-corrected chi connectivity index (χ0v) is 14.5. The highest BCUT2D eigenvalue weighted by Gasteiger charge is 2.23. The van der Waals surface area contributed by atoms with Crippen molar-refractivity contribution in [2.24, 2.45) is 11.8 Å². The largest absolute Gasteiger partial charge is 0.491 e. The highest BCUT2D eigenvalue weighted by molar-refractivity contribution is 5.28. The molecule has 0 unspecified atom stereocenters. The molecule has 1 heterocycles. The first-order valence-corrected chi connectivity index (χ1v) is 8.57. The van der Waals surface area contributed by atoms with Crippen molar-refractivity contribution in [3.05, 3.63) is 29.8 Å². The van der Waals surface area contributed by atoms with Gasteiger partial charge < -0.3 is 14.7 Å². The number of β-amino-alcohol motifs (C(OH)–C–C–N with tert-alkyl or cyclic N) is 1. The fourth-order valence-corrected chi connectivity index (χ4v) is 3.43. The van der Waals surface area contributed by atoms with Gasteiger partial charge in [0.2, 0.25) is 0 Å². The molecule has 0 aromatic heterocycles. The number of nitrogens with zero attached hydrogens (tertiary/aromatic N) is 1. The minimum atomic E-state index is -0.428. The summed E-state index contributed by atoms with van der Waals surface area (Å²) in [5.41, 5.74) is 1.31. The Morgan fingerprint density at radius 2 is 1.73 bits per heavy atom. The lowest BCUT2D eigenvalue weighted by Crippen LogP contribution is -2.43. The molecule has 1 saturated heterocycles. The van der Waals surface area contributed by atoms with Crippen LogP contribution in [0.25, 0.3) is 0 Å². The fraction of sp³-hybridized carbons (Fsp3) is 0.684. The molecule has 1 aliphatic rings. The predicted octanol–water partition coefficient (Wildman–Crippen LogP) is 3.53. The number of ether oxygens (including phenoxy) is 1. The Morgan fingerprint density at radius 3 is 2.27 bits per heavy atom. The van der Waals surface area contributed by atoms with Gasteiger partial charge in [-0.05, 0) is 41.9 Å². The van der Waals surface area contributed by atoms with E-state index in [4.69, 9.17) is 4.74 Å². The normalized spacial score (nSPS) is 24.5. The molecule has 0 amide bonds. The third-order valence-corrected chi connectivity index (χ3v) is 4.40. The summed E-state index contributed by atoms with van der Waals surface area (Å²) in [6, 6.07) is 8.18. The van der Waals surface area contributed by atoms with E-state index in [1.54, 1.807) is 0 Å². The number of piperidine rings is 1. The molecule has 1 aromatic rings. The zero-order chi connectivity index (χ0) is 16.1. The van der Waals surface area contributed by atoms with Gasteiger partial charge in [0.15, 0.2) is 0 Å². The average Bonchev–Trinajstić information content (AvgIpc) is 2.44. The number of aliphatic hydroxyl groups is 1. The van der Waals surface area contributed by atoms with Gasteiger partial charge in [-0.15, -0.1) is 0 Å². The van der Waals surface area contributed by atoms with E-state index in [-0.39, 0.29) is 0 Å². The number of hydrogen-bond acceptors (Lipinski definition) is 3. The summed E-state index contributed by atoms with van der Waals surface area (Å²) < 4.78 is 5.72. The van der Waals surface area contributed by atoms with Crippen LogP contribution in [0, 0.1) is 11.8 Å². The maximum absolute atomic E-state index is 10.2. The molecule has 0 radical (unpaired) electrons. The van der Waals surface area contributed by atoms with Crippen molar-refractivity contribution in [1.82, 2.24) is 4.90 Å². The van der Waals surface area contributed by atoms with Crippen molar-refractivity contribution in [3.63, 3.8) is 0 Å². The highest BCUT2D eigenvalue weighted by atomic mass is 16.5. The molecule has 0 aliphatic carbocycles. The van der Waals surface area contributed by atoms with Crippen LogP contribution in [-0.4, -0.2) is 42.4 Å². The summed E-state index contributed by atoms with van der Waals surface area (Å²) >= 11 is 0. The van der Waals surface area contributed by atoms with E-state index in [0.717, 1.165) is 30.7 Å². The lowest BCUT2D eigenvalue weighted by molar-refractivity contribution is 0.0429. The van der Waals surface area contributed by atoms with Gasteiger partial charge in [-0.2, -0.15) is 0 Å². The third-order valence-electron chi connectivity index (χ3n) is 4.40. The zero-order valence-electron chi connectivity index (χ0n) is 14.5. The number of aliphatic hydroxyl groups excluding tert-OH is 1. The van der Waals surface area contributed by atoms with E-state index < -0.39 is 6.10 Å². The van der Waals surface area contributed by atoms with Crippen LogP contribution in [-0.2, 0) is 0 Å². The Kier molecular flexibility index (Phi) is 6.27. The molecular formula is C19H31NO2. The minimum absolute atomic E-state index is 0.361. The molecule has 1 fully saturated rings. The van der Waals surface area contributed by atoms with Crippen LogP contribution in [0.1, 0.15) is 45.6 Å². The van der Waals surface area contributed by atoms with E-state index in [2.05, 4.69) is 44.7 Å². The monoisotopic (exact) mass is 305 g/mol. The summed E-state index contributed by atoms with van der Waals surface area (Å²) in [5.74, 6) is 2.81. The van der Waals surface area contributed by atoms with Gasteiger partial charge in [0.1, 0.15) is 18.5 Å². The van der Waals surface area contributed by atoms with E-state index in [0.29, 0.717) is 19.1 Å². The number of likely N-dealkylation sites (tertiary alicyclic amines) is 1. The molecule has 1 aromatic carbocycles. The van der Waals surface area contributed by atoms with E-state index in [9.17, 15) is 5.11 Å². The second-order valence-corrected chi connectivity index (χ2v) is 7.35. The maximum atomic E-state index is 10.2. The Balaban J connectivity index is 1.76. The summed E-state index contributed by atoms with van der Waals surface area (Å²) in [6.45, 7) is 12.2. The number of hydrogen-bond donors (Lipinski definition) is 1. The van der Waals surface area contributed by atoms with Crippen molar-refractivity contribution < 1.29 is 9.84 Å². The van der Waals surface area contributed by atoms with E-state index >= 15 is 0 Å². The first-order valence-electron chi connectivity index (χ1n) is 8.57. The predicted molar refractivity (Wildman–Crippen MR) is 91.4 cm³/mol. The molecule has 0 saturated carbocycles. The van der Waals surface area contributed by atoms with Gasteiger partial charge in [0, 0.05) is 19.6 Å². The van der Waals surface area contributed by atoms with Crippen LogP contribution in [0.4, 0.5) is 0 Å². The Labute approximate surface area is 135 Å². The molecule has 3 nitrogen and oxygen atoms in total. The average molecular weight is 305 g/mol. The van der Waals surface area contributed by atoms with Gasteiger partial charge in [0.25, 0.3) is 0 Å². The van der Waals surface area contributed by atoms with Crippen LogP contribution in [0.5, 0.6) is 5.75 Å². The van der Waals surface area contributed by atoms with Crippen LogP contribution in [0.3, 0.4) is 0 Å². The van der Waals surface area contributed by atoms with Crippen molar-refractivity contribution in [1.29, 1.82) is 0 Å². The molecule has 3 atom stereocenters. The van der Waals surface area contributed by atoms with Crippen molar-refractivity contribution in [2.75, 3.05) is 26.2 Å². The van der Waals surface area contributed by atoms with Gasteiger partial charge in [-0.25, -0.2) is 0 Å². The molecule has 0 bridgehead atoms. The molecule has 2 rings (SSSR count). The summed E-state index contributed by atoms with van der Waals surface area (Å²) in [5, 5.41) is 10.2. The highest BCUT2D eigenvalue weighted by Crippen LogP contribution is 2.21. The number of benzene rings is 1. The topological polar surface area (TPSA) is 32.7 Å². The van der Waals surface area contributed by atoms with Gasteiger partial charge >= 0.3 is 0 Å². The van der Waals surface area contributed by atoms with Crippen LogP contribution < -0.4 is 4.74 Å². The standard InChI is InChI=1S/C19H31NO2/c1-14(2)17-5-7-19(8-6-17)22-13-18(21)12-20-10-15(3)9-16(4)11-20/h5-8,14-16,18,21H,9-13H2,1-4H3/t15-,16+,18-/m1/s1. The smallest absolute Gasteiger partial charge is 0.119 e. The third kappa shape index (κ3) is 5.29. The van der Waals surface area contributed by atoms with Gasteiger partial charge in [0.05, 0.1) is 0 Å². The van der Waals surface area contributed by atoms with E-state index in [1.165, 1.54) is 12.0 Å². The lowest BCUT2D eigenvalue weighted by Gasteiger charge is -2.35. The van der Waals surface area contributed by atoms with Crippen molar-refractivity contribution in [2.45, 2.75) is 46.1 Å². The van der Waals surface area contributed by atoms with Crippen molar-refractivity contribution >= 4 is 0 Å². The first kappa shape index (κ1) is 17.3. The molecule has 124 valence electrons. The lowest BCUT2D eigenvalue weighted by atomic mass is 9.92. The van der Waals surface area contributed by atoms with Crippen LogP contribution in [0.15, 0.2) is 24.3 Å². The molecule has 1 N–H and O–H groups in total. The summed E-state index contributed by atoms with van der Waals surface area (Å²) in [6.07, 6.45) is 0.868. The Hall–Kier alpha value is -1.06. The second kappa shape index (κ2) is 7.98. The molecule has 22 heavy (non-hydrogen) atoms. The summed E-state index contributed by atoms with van der Waals surface area (Å²) in [7, 11) is 0. The molecule has 1 aliphatic heterocycles. The Morgan fingerprint density at radius 1 is 1.14 bits per heavy atom. The minimum Gasteiger partial charge on any atom is -0.491 e. The number of rotatable bonds is 6. The van der Waals surface area contributed by atoms with Gasteiger partial charge in [-0.3, -0.25) is 0 Å². The van der Waals surface area contributed by atoms with Crippen molar-refractivity contribution in [3.8, 4) is 5.75 Å². The molecular weight excluding hydrogens is 274 g/mol. The maximum Gasteiger partial charge on any atom is 0.119 e. The fourth-order valence-electron chi connectivity index (χ4n) is 3.43. The quantitative estimate of drug-likeness (QED) is 0.873.